The highest BCUT2D eigenvalue weighted by Crippen LogP contribution is 2.34. The van der Waals surface area contributed by atoms with Crippen LogP contribution in [0.25, 0.3) is 6.08 Å². The number of piperidine rings is 1. The maximum Gasteiger partial charge on any atom is 0.342 e. The molecule has 2 N–H and O–H groups in total. The molecule has 0 aromatic carbocycles. The van der Waals surface area contributed by atoms with Crippen molar-refractivity contribution in [3.8, 4) is 0 Å². The van der Waals surface area contributed by atoms with Crippen molar-refractivity contribution in [3.63, 3.8) is 0 Å². The van der Waals surface area contributed by atoms with Crippen molar-refractivity contribution in [2.45, 2.75) is 37.8 Å². The summed E-state index contributed by atoms with van der Waals surface area (Å²) in [4.78, 5) is 18.1. The molecule has 134 valence electrons. The number of aromatic nitrogens is 3. The summed E-state index contributed by atoms with van der Waals surface area (Å²) in [5, 5.41) is 16.6. The van der Waals surface area contributed by atoms with E-state index in [1.54, 1.807) is 6.07 Å². The molecule has 0 saturated carbocycles. The summed E-state index contributed by atoms with van der Waals surface area (Å²) < 4.78 is 6.71. The number of H-pyrrole nitrogens is 1. The second-order valence-corrected chi connectivity index (χ2v) is 7.55. The molecule has 9 heteroatoms. The minimum absolute atomic E-state index is 0.105. The van der Waals surface area contributed by atoms with E-state index in [1.807, 2.05) is 6.92 Å². The standard InChI is InChI=1S/C16H19BrN4O3S/c1-2-13-18-16(20-19-13)25-12(15(22)23)9-10-8-11(17)14(24-10)21-6-4-3-5-7-21/h8-9H,2-7H2,1H3,(H,22,23)(H,18,19,20)/b12-9-. The van der Waals surface area contributed by atoms with Crippen LogP contribution in [0.15, 0.2) is 25.0 Å². The Balaban J connectivity index is 1.81. The monoisotopic (exact) mass is 426 g/mol. The van der Waals surface area contributed by atoms with Crippen LogP contribution >= 0.6 is 27.7 Å². The van der Waals surface area contributed by atoms with Gasteiger partial charge in [-0.05, 0) is 47.0 Å². The number of aromatic amines is 1. The minimum Gasteiger partial charge on any atom is -0.477 e. The molecule has 1 aliphatic rings. The lowest BCUT2D eigenvalue weighted by molar-refractivity contribution is -0.131. The van der Waals surface area contributed by atoms with Gasteiger partial charge in [0.2, 0.25) is 11.0 Å². The number of nitrogens with one attached hydrogen (secondary N) is 1. The molecule has 1 fully saturated rings. The van der Waals surface area contributed by atoms with Crippen molar-refractivity contribution >= 4 is 45.6 Å². The van der Waals surface area contributed by atoms with Gasteiger partial charge < -0.3 is 14.4 Å². The molecule has 1 saturated heterocycles. The van der Waals surface area contributed by atoms with Crippen LogP contribution in [0.1, 0.15) is 37.8 Å². The fourth-order valence-corrected chi connectivity index (χ4v) is 3.87. The number of aliphatic carboxylic acids is 1. The second kappa shape index (κ2) is 8.09. The highest BCUT2D eigenvalue weighted by Gasteiger charge is 2.20. The summed E-state index contributed by atoms with van der Waals surface area (Å²) in [6.07, 6.45) is 5.73. The Bertz CT molecular complexity index is 780. The van der Waals surface area contributed by atoms with Gasteiger partial charge in [0.05, 0.1) is 4.47 Å². The first-order valence-electron chi connectivity index (χ1n) is 8.15. The molecular formula is C16H19BrN4O3S. The summed E-state index contributed by atoms with van der Waals surface area (Å²) in [5.41, 5.74) is 0. The van der Waals surface area contributed by atoms with Gasteiger partial charge in [0.15, 0.2) is 0 Å². The third kappa shape index (κ3) is 4.46. The van der Waals surface area contributed by atoms with Crippen molar-refractivity contribution in [1.29, 1.82) is 0 Å². The average Bonchev–Trinajstić information content (AvgIpc) is 3.21. The predicted octanol–water partition coefficient (Wildman–Crippen LogP) is 3.93. The van der Waals surface area contributed by atoms with E-state index >= 15 is 0 Å². The number of nitrogens with zero attached hydrogens (tertiary/aromatic N) is 3. The smallest absolute Gasteiger partial charge is 0.342 e. The van der Waals surface area contributed by atoms with Crippen LogP contribution in [0.3, 0.4) is 0 Å². The molecule has 0 spiro atoms. The van der Waals surface area contributed by atoms with Crippen molar-refractivity contribution in [3.05, 3.63) is 27.0 Å². The molecule has 3 heterocycles. The predicted molar refractivity (Wildman–Crippen MR) is 99.7 cm³/mol. The molecule has 0 amide bonds. The highest BCUT2D eigenvalue weighted by molar-refractivity contribution is 9.10. The number of rotatable bonds is 6. The zero-order valence-corrected chi connectivity index (χ0v) is 16.2. The number of anilines is 1. The zero-order chi connectivity index (χ0) is 17.8. The Morgan fingerprint density at radius 1 is 1.48 bits per heavy atom. The van der Waals surface area contributed by atoms with Crippen LogP contribution in [0, 0.1) is 0 Å². The lowest BCUT2D eigenvalue weighted by Crippen LogP contribution is -2.29. The van der Waals surface area contributed by atoms with E-state index in [9.17, 15) is 9.90 Å². The number of carbonyl (C=O) groups is 1. The number of thioether (sulfide) groups is 1. The van der Waals surface area contributed by atoms with Gasteiger partial charge >= 0.3 is 5.97 Å². The SMILES string of the molecule is CCc1nc(S/C(=C\c2cc(Br)c(N3CCCCC3)o2)C(=O)O)n[nH]1. The highest BCUT2D eigenvalue weighted by atomic mass is 79.9. The van der Waals surface area contributed by atoms with E-state index in [0.29, 0.717) is 17.3 Å². The summed E-state index contributed by atoms with van der Waals surface area (Å²) in [6.45, 7) is 3.85. The first kappa shape index (κ1) is 18.1. The first-order chi connectivity index (χ1) is 12.1. The van der Waals surface area contributed by atoms with Gasteiger partial charge in [-0.3, -0.25) is 5.10 Å². The van der Waals surface area contributed by atoms with Gasteiger partial charge in [-0.15, -0.1) is 5.10 Å². The Labute approximate surface area is 158 Å². The van der Waals surface area contributed by atoms with Gasteiger partial charge in [-0.2, -0.15) is 0 Å². The fourth-order valence-electron chi connectivity index (χ4n) is 2.60. The Morgan fingerprint density at radius 2 is 2.24 bits per heavy atom. The number of carboxylic acids is 1. The van der Waals surface area contributed by atoms with E-state index in [4.69, 9.17) is 4.42 Å². The van der Waals surface area contributed by atoms with Crippen LogP contribution in [0.4, 0.5) is 5.88 Å². The van der Waals surface area contributed by atoms with Gasteiger partial charge in [-0.25, -0.2) is 9.78 Å². The van der Waals surface area contributed by atoms with Gasteiger partial charge in [0, 0.05) is 31.7 Å². The zero-order valence-electron chi connectivity index (χ0n) is 13.8. The number of carboxylic acid groups (broad SMARTS) is 1. The largest absolute Gasteiger partial charge is 0.477 e. The topological polar surface area (TPSA) is 95.2 Å². The molecule has 0 atom stereocenters. The molecule has 25 heavy (non-hydrogen) atoms. The molecule has 0 radical (unpaired) electrons. The summed E-state index contributed by atoms with van der Waals surface area (Å²) in [6, 6.07) is 1.79. The molecule has 2 aromatic heterocycles. The van der Waals surface area contributed by atoms with Crippen LogP contribution < -0.4 is 4.90 Å². The van der Waals surface area contributed by atoms with Crippen molar-refractivity contribution in [2.75, 3.05) is 18.0 Å². The maximum absolute atomic E-state index is 11.6. The normalized spacial score (nSPS) is 15.6. The molecule has 1 aliphatic heterocycles. The Kier molecular flexibility index (Phi) is 5.85. The molecule has 0 unspecified atom stereocenters. The van der Waals surface area contributed by atoms with E-state index in [-0.39, 0.29) is 4.91 Å². The quantitative estimate of drug-likeness (QED) is 0.533. The number of aryl methyl sites for hydroxylation is 1. The average molecular weight is 427 g/mol. The third-order valence-corrected chi connectivity index (χ3v) is 5.31. The van der Waals surface area contributed by atoms with Crippen molar-refractivity contribution < 1.29 is 14.3 Å². The van der Waals surface area contributed by atoms with E-state index < -0.39 is 5.97 Å². The summed E-state index contributed by atoms with van der Waals surface area (Å²) >= 11 is 4.51. The molecule has 2 aromatic rings. The second-order valence-electron chi connectivity index (χ2n) is 5.68. The minimum atomic E-state index is -1.04. The number of hydrogen-bond donors (Lipinski definition) is 2. The van der Waals surface area contributed by atoms with Crippen molar-refractivity contribution in [2.24, 2.45) is 0 Å². The summed E-state index contributed by atoms with van der Waals surface area (Å²) in [7, 11) is 0. The molecular weight excluding hydrogens is 408 g/mol. The number of halogens is 1. The third-order valence-electron chi connectivity index (χ3n) is 3.86. The fraction of sp³-hybridized carbons (Fsp3) is 0.438. The van der Waals surface area contributed by atoms with Crippen LogP contribution in [-0.4, -0.2) is 39.3 Å². The molecule has 0 aliphatic carbocycles. The van der Waals surface area contributed by atoms with Crippen molar-refractivity contribution in [1.82, 2.24) is 15.2 Å². The molecule has 7 nitrogen and oxygen atoms in total. The van der Waals surface area contributed by atoms with Gasteiger partial charge in [0.25, 0.3) is 0 Å². The Morgan fingerprint density at radius 3 is 2.88 bits per heavy atom. The van der Waals surface area contributed by atoms with Crippen LogP contribution in [-0.2, 0) is 11.2 Å². The summed E-state index contributed by atoms with van der Waals surface area (Å²) in [5.74, 6) is 0.927. The molecule has 0 bridgehead atoms. The van der Waals surface area contributed by atoms with Crippen LogP contribution in [0.5, 0.6) is 0 Å². The van der Waals surface area contributed by atoms with E-state index in [2.05, 4.69) is 36.0 Å². The van der Waals surface area contributed by atoms with Crippen LogP contribution in [0.2, 0.25) is 0 Å². The van der Waals surface area contributed by atoms with Gasteiger partial charge in [-0.1, -0.05) is 6.92 Å². The van der Waals surface area contributed by atoms with Gasteiger partial charge in [0.1, 0.15) is 16.5 Å². The number of hydrogen-bond acceptors (Lipinski definition) is 6. The Hall–Kier alpha value is -1.74. The maximum atomic E-state index is 11.6. The number of furan rings is 1. The van der Waals surface area contributed by atoms with E-state index in [1.165, 1.54) is 12.5 Å². The first-order valence-corrected chi connectivity index (χ1v) is 9.76. The lowest BCUT2D eigenvalue weighted by Gasteiger charge is -2.26. The molecule has 3 rings (SSSR count). The lowest BCUT2D eigenvalue weighted by atomic mass is 10.1. The van der Waals surface area contributed by atoms with E-state index in [0.717, 1.165) is 53.9 Å².